The van der Waals surface area contributed by atoms with Gasteiger partial charge in [-0.2, -0.15) is 0 Å². The van der Waals surface area contributed by atoms with Crippen LogP contribution >= 0.6 is 0 Å². The van der Waals surface area contributed by atoms with Gasteiger partial charge in [0, 0.05) is 19.3 Å². The second-order valence-corrected chi connectivity index (χ2v) is 16.3. The third kappa shape index (κ3) is 50.4. The van der Waals surface area contributed by atoms with E-state index in [1.165, 1.54) is 51.4 Å². The van der Waals surface area contributed by atoms with Gasteiger partial charge in [0.15, 0.2) is 6.10 Å². The Hall–Kier alpha value is -4.45. The number of ether oxygens (including phenoxy) is 3. The van der Waals surface area contributed by atoms with Gasteiger partial charge in [-0.15, -0.1) is 0 Å². The fraction of sp³-hybridized carbons (Fsp3) is 0.576. The summed E-state index contributed by atoms with van der Waals surface area (Å²) in [5.41, 5.74) is 0. The van der Waals surface area contributed by atoms with E-state index >= 15 is 0 Å². The molecule has 0 unspecified atom stereocenters. The third-order valence-electron chi connectivity index (χ3n) is 10.1. The number of hydrogen-bond donors (Lipinski definition) is 0. The molecule has 0 radical (unpaired) electrons. The Morgan fingerprint density at radius 1 is 0.323 bits per heavy atom. The summed E-state index contributed by atoms with van der Waals surface area (Å²) in [5, 5.41) is 0. The molecule has 0 aliphatic rings. The quantitative estimate of drug-likeness (QED) is 0.0262. The Morgan fingerprint density at radius 3 is 1.12 bits per heavy atom. The summed E-state index contributed by atoms with van der Waals surface area (Å²) in [6.07, 6.45) is 73.1. The largest absolute Gasteiger partial charge is 0.462 e. The first-order chi connectivity index (χ1) is 32.0. The van der Waals surface area contributed by atoms with Crippen LogP contribution in [-0.4, -0.2) is 37.2 Å². The molecule has 0 amide bonds. The maximum absolute atomic E-state index is 12.8. The zero-order valence-electron chi connectivity index (χ0n) is 41.4. The molecule has 0 rings (SSSR count). The minimum atomic E-state index is -0.848. The SMILES string of the molecule is CC/C=C\C/C=C\C/C=C\C/C=C\C/C=C\C/C=C\CCC(=O)O[C@H](COC(=O)CCC/C=C\C/C=C\C/C=C\C/C=C\CCCCC)COC(=O)CCCCCCC/C=C\CCCC. The molecule has 0 N–H and O–H groups in total. The van der Waals surface area contributed by atoms with Crippen molar-refractivity contribution in [3.63, 3.8) is 0 Å². The zero-order chi connectivity index (χ0) is 47.2. The molecule has 0 fully saturated rings. The highest BCUT2D eigenvalue weighted by Crippen LogP contribution is 2.11. The first kappa shape index (κ1) is 60.6. The highest BCUT2D eigenvalue weighted by atomic mass is 16.6. The van der Waals surface area contributed by atoms with Crippen LogP contribution in [0.25, 0.3) is 0 Å². The van der Waals surface area contributed by atoms with Gasteiger partial charge >= 0.3 is 17.9 Å². The van der Waals surface area contributed by atoms with Crippen LogP contribution in [0.1, 0.15) is 201 Å². The van der Waals surface area contributed by atoms with Gasteiger partial charge in [0.25, 0.3) is 0 Å². The summed E-state index contributed by atoms with van der Waals surface area (Å²) in [6, 6.07) is 0. The van der Waals surface area contributed by atoms with Crippen molar-refractivity contribution in [3.8, 4) is 0 Å². The summed E-state index contributed by atoms with van der Waals surface area (Å²) in [4.78, 5) is 37.9. The van der Waals surface area contributed by atoms with Crippen molar-refractivity contribution in [2.75, 3.05) is 13.2 Å². The minimum Gasteiger partial charge on any atom is -0.462 e. The lowest BCUT2D eigenvalue weighted by Crippen LogP contribution is -2.30. The standard InChI is InChI=1S/C59H92O6/c1-4-7-10-13-16-19-22-24-26-28-29-31-33-35-38-41-44-47-50-53-59(62)65-56(54-63-57(60)51-48-45-42-39-36-21-18-15-12-9-6-3)55-64-58(61)52-49-46-43-40-37-34-32-30-27-25-23-20-17-14-11-8-5-2/h7,10,15-20,24-27,29,31-32,34-35,38,40,43-44,47,56H,4-6,8-9,11-14,21-23,28,30,33,36-37,39,41-42,45-46,48-55H2,1-3H3/b10-7-,18-15-,19-16-,20-17-,26-24-,27-25-,31-29-,34-32-,38-35-,43-40-,47-44-/t56-/m0/s1. The molecule has 6 nitrogen and oxygen atoms in total. The zero-order valence-corrected chi connectivity index (χ0v) is 41.4. The predicted octanol–water partition coefficient (Wildman–Crippen LogP) is 17.1. The van der Waals surface area contributed by atoms with Crippen LogP contribution < -0.4 is 0 Å². The molecule has 0 saturated carbocycles. The van der Waals surface area contributed by atoms with Gasteiger partial charge in [0.2, 0.25) is 0 Å². The smallest absolute Gasteiger partial charge is 0.306 e. The van der Waals surface area contributed by atoms with Crippen LogP contribution in [0.15, 0.2) is 134 Å². The van der Waals surface area contributed by atoms with E-state index in [1.807, 2.05) is 12.2 Å². The minimum absolute atomic E-state index is 0.135. The van der Waals surface area contributed by atoms with Crippen molar-refractivity contribution in [3.05, 3.63) is 134 Å². The first-order valence-corrected chi connectivity index (χ1v) is 25.7. The number of carbonyl (C=O) groups excluding carboxylic acids is 3. The Bertz CT molecular complexity index is 1450. The van der Waals surface area contributed by atoms with E-state index in [9.17, 15) is 14.4 Å². The van der Waals surface area contributed by atoms with E-state index in [2.05, 4.69) is 142 Å². The van der Waals surface area contributed by atoms with Crippen LogP contribution in [-0.2, 0) is 28.6 Å². The average Bonchev–Trinajstić information content (AvgIpc) is 3.30. The van der Waals surface area contributed by atoms with E-state index in [1.54, 1.807) is 0 Å². The Morgan fingerprint density at radius 2 is 0.662 bits per heavy atom. The van der Waals surface area contributed by atoms with E-state index in [-0.39, 0.29) is 38.0 Å². The van der Waals surface area contributed by atoms with Crippen LogP contribution in [0.4, 0.5) is 0 Å². The van der Waals surface area contributed by atoms with E-state index in [4.69, 9.17) is 14.2 Å². The number of hydrogen-bond acceptors (Lipinski definition) is 6. The van der Waals surface area contributed by atoms with Crippen molar-refractivity contribution >= 4 is 17.9 Å². The van der Waals surface area contributed by atoms with E-state index in [0.717, 1.165) is 96.3 Å². The highest BCUT2D eigenvalue weighted by molar-refractivity contribution is 5.71. The monoisotopic (exact) mass is 897 g/mol. The summed E-state index contributed by atoms with van der Waals surface area (Å²) < 4.78 is 16.6. The fourth-order valence-electron chi connectivity index (χ4n) is 6.26. The molecule has 0 bridgehead atoms. The Balaban J connectivity index is 4.62. The molecular weight excluding hydrogens is 805 g/mol. The van der Waals surface area contributed by atoms with Crippen LogP contribution in [0.5, 0.6) is 0 Å². The average molecular weight is 897 g/mol. The molecule has 0 aromatic rings. The van der Waals surface area contributed by atoms with Crippen LogP contribution in [0.2, 0.25) is 0 Å². The normalized spacial score (nSPS) is 13.2. The summed E-state index contributed by atoms with van der Waals surface area (Å²) >= 11 is 0. The third-order valence-corrected chi connectivity index (χ3v) is 10.1. The number of esters is 3. The van der Waals surface area contributed by atoms with E-state index < -0.39 is 12.1 Å². The number of carbonyl (C=O) groups is 3. The number of unbranched alkanes of at least 4 members (excludes halogenated alkanes) is 11. The summed E-state index contributed by atoms with van der Waals surface area (Å²) in [7, 11) is 0. The maximum atomic E-state index is 12.8. The van der Waals surface area contributed by atoms with Gasteiger partial charge in [-0.05, 0) is 116 Å². The number of rotatable bonds is 44. The first-order valence-electron chi connectivity index (χ1n) is 25.7. The van der Waals surface area contributed by atoms with E-state index in [0.29, 0.717) is 19.3 Å². The van der Waals surface area contributed by atoms with Gasteiger partial charge in [0.1, 0.15) is 13.2 Å². The van der Waals surface area contributed by atoms with Crippen molar-refractivity contribution in [2.24, 2.45) is 0 Å². The van der Waals surface area contributed by atoms with Crippen molar-refractivity contribution in [1.29, 1.82) is 0 Å². The molecule has 0 spiro atoms. The molecule has 0 aromatic heterocycles. The lowest BCUT2D eigenvalue weighted by atomic mass is 10.1. The molecule has 65 heavy (non-hydrogen) atoms. The molecule has 364 valence electrons. The molecule has 6 heteroatoms. The fourth-order valence-corrected chi connectivity index (χ4v) is 6.26. The molecule has 1 atom stereocenters. The lowest BCUT2D eigenvalue weighted by molar-refractivity contribution is -0.166. The van der Waals surface area contributed by atoms with Crippen LogP contribution in [0.3, 0.4) is 0 Å². The topological polar surface area (TPSA) is 78.9 Å². The Kier molecular flexibility index (Phi) is 48.6. The van der Waals surface area contributed by atoms with Gasteiger partial charge in [-0.3, -0.25) is 14.4 Å². The van der Waals surface area contributed by atoms with Gasteiger partial charge in [-0.1, -0.05) is 199 Å². The Labute approximate surface area is 398 Å². The predicted molar refractivity (Wildman–Crippen MR) is 279 cm³/mol. The molecular formula is C59H92O6. The maximum Gasteiger partial charge on any atom is 0.306 e. The van der Waals surface area contributed by atoms with Crippen molar-refractivity contribution < 1.29 is 28.6 Å². The second-order valence-electron chi connectivity index (χ2n) is 16.3. The summed E-state index contributed by atoms with van der Waals surface area (Å²) in [6.45, 7) is 6.31. The highest BCUT2D eigenvalue weighted by Gasteiger charge is 2.19. The van der Waals surface area contributed by atoms with Gasteiger partial charge in [0.05, 0.1) is 0 Å². The molecule has 0 aliphatic heterocycles. The second kappa shape index (κ2) is 52.2. The molecule has 0 aliphatic carbocycles. The molecule has 0 aromatic carbocycles. The number of allylic oxidation sites excluding steroid dienone is 22. The van der Waals surface area contributed by atoms with Crippen molar-refractivity contribution in [1.82, 2.24) is 0 Å². The molecule has 0 heterocycles. The lowest BCUT2D eigenvalue weighted by Gasteiger charge is -2.18. The molecule has 0 saturated heterocycles. The van der Waals surface area contributed by atoms with Gasteiger partial charge in [-0.25, -0.2) is 0 Å². The van der Waals surface area contributed by atoms with Crippen molar-refractivity contribution in [2.45, 2.75) is 207 Å². The van der Waals surface area contributed by atoms with Crippen LogP contribution in [0, 0.1) is 0 Å². The summed E-state index contributed by atoms with van der Waals surface area (Å²) in [5.74, 6) is -1.10. The van der Waals surface area contributed by atoms with Gasteiger partial charge < -0.3 is 14.2 Å².